The standard InChI is InChI=1S/C17H15NO2Se.C5H9OSe/c1-11(19)10-12-6-2-3-7-13(12)16(21)14-8-4-5-9-15(14)17(18)20;1-2-3-4-5(6)7/h2-9H,10H2,1H3,(H2,18,20);2-4H2,1H3. The van der Waals surface area contributed by atoms with Gasteiger partial charge in [0.2, 0.25) is 0 Å². The zero-order chi connectivity index (χ0) is 21.1. The van der Waals surface area contributed by atoms with Gasteiger partial charge in [-0.3, -0.25) is 0 Å². The minimum atomic E-state index is -0.470. The maximum atomic E-state index is 11.6. The van der Waals surface area contributed by atoms with E-state index in [-0.39, 0.29) is 10.5 Å². The average Bonchev–Trinajstić information content (AvgIpc) is 2.66. The molecule has 2 aromatic carbocycles. The first-order valence-corrected chi connectivity index (χ1v) is 10.7. The molecule has 0 fully saturated rings. The van der Waals surface area contributed by atoms with Crippen molar-refractivity contribution in [2.75, 3.05) is 0 Å². The second kappa shape index (κ2) is 12.6. The Bertz CT molecular complexity index is 862. The van der Waals surface area contributed by atoms with Crippen molar-refractivity contribution in [1.29, 1.82) is 0 Å². The Morgan fingerprint density at radius 1 is 0.929 bits per heavy atom. The third-order valence-corrected chi connectivity index (χ3v) is 5.22. The van der Waals surface area contributed by atoms with Crippen LogP contribution in [0.3, 0.4) is 0 Å². The normalized spacial score (nSPS) is 9.79. The molecular formula is C22H24NO3Se2. The van der Waals surface area contributed by atoms with Gasteiger partial charge in [0.05, 0.1) is 0 Å². The molecule has 1 amide bonds. The molecule has 0 aliphatic rings. The van der Waals surface area contributed by atoms with Gasteiger partial charge in [-0.25, -0.2) is 0 Å². The van der Waals surface area contributed by atoms with E-state index in [0.717, 1.165) is 33.9 Å². The Morgan fingerprint density at radius 2 is 1.46 bits per heavy atom. The van der Waals surface area contributed by atoms with Crippen molar-refractivity contribution in [1.82, 2.24) is 0 Å². The predicted octanol–water partition coefficient (Wildman–Crippen LogP) is 2.53. The number of amides is 1. The molecule has 1 radical (unpaired) electrons. The number of unbranched alkanes of at least 4 members (excludes halogenated alkanes) is 1. The molecule has 0 saturated carbocycles. The van der Waals surface area contributed by atoms with Gasteiger partial charge < -0.3 is 0 Å². The molecule has 0 heterocycles. The number of hydrogen-bond acceptors (Lipinski definition) is 3. The molecule has 2 rings (SSSR count). The number of rotatable bonds is 8. The van der Waals surface area contributed by atoms with Gasteiger partial charge in [-0.2, -0.15) is 0 Å². The van der Waals surface area contributed by atoms with E-state index in [1.54, 1.807) is 19.1 Å². The third kappa shape index (κ3) is 8.03. The van der Waals surface area contributed by atoms with Gasteiger partial charge in [0.1, 0.15) is 0 Å². The van der Waals surface area contributed by atoms with E-state index in [0.29, 0.717) is 18.4 Å². The first-order chi connectivity index (χ1) is 13.3. The van der Waals surface area contributed by atoms with Crippen molar-refractivity contribution in [2.45, 2.75) is 39.5 Å². The van der Waals surface area contributed by atoms with Crippen LogP contribution in [0.1, 0.15) is 60.2 Å². The summed E-state index contributed by atoms with van der Waals surface area (Å²) in [5.74, 6) is -0.374. The molecule has 0 bridgehead atoms. The number of ketones is 1. The van der Waals surface area contributed by atoms with Crippen LogP contribution < -0.4 is 5.73 Å². The van der Waals surface area contributed by atoms with Crippen LogP contribution in [0.15, 0.2) is 48.5 Å². The zero-order valence-corrected chi connectivity index (χ0v) is 19.5. The second-order valence-corrected chi connectivity index (χ2v) is 8.06. The molecule has 0 aromatic heterocycles. The Labute approximate surface area is 182 Å². The molecule has 2 aromatic rings. The molecular weight excluding hydrogens is 484 g/mol. The van der Waals surface area contributed by atoms with Gasteiger partial charge in [-0.05, 0) is 0 Å². The Morgan fingerprint density at radius 3 is 1.93 bits per heavy atom. The Kier molecular flexibility index (Phi) is 10.9. The molecule has 0 unspecified atom stereocenters. The van der Waals surface area contributed by atoms with Crippen LogP contribution in [-0.4, -0.2) is 52.4 Å². The van der Waals surface area contributed by atoms with Gasteiger partial charge >= 0.3 is 183 Å². The summed E-state index contributed by atoms with van der Waals surface area (Å²) in [7, 11) is 0. The van der Waals surface area contributed by atoms with Crippen LogP contribution in [0, 0.1) is 0 Å². The number of Topliss-reactive ketones (excluding diaryl/α,β-unsaturated/α-hetero) is 1. The van der Waals surface area contributed by atoms with Crippen LogP contribution >= 0.6 is 0 Å². The van der Waals surface area contributed by atoms with Crippen LogP contribution in [0.4, 0.5) is 0 Å². The summed E-state index contributed by atoms with van der Waals surface area (Å²) < 4.78 is 1.00. The fourth-order valence-electron chi connectivity index (χ4n) is 2.53. The molecule has 2 N–H and O–H groups in total. The molecule has 0 atom stereocenters. The maximum absolute atomic E-state index is 11.6. The summed E-state index contributed by atoms with van der Waals surface area (Å²) in [5.41, 5.74) is 8.49. The Balaban J connectivity index is 0.000000480. The van der Waals surface area contributed by atoms with E-state index in [1.807, 2.05) is 36.4 Å². The molecule has 6 heteroatoms. The minimum absolute atomic E-state index is 0.0958. The average molecular weight is 508 g/mol. The number of carbonyl (C=O) groups is 3. The van der Waals surface area contributed by atoms with E-state index in [4.69, 9.17) is 5.73 Å². The number of hydrogen-bond donors (Lipinski definition) is 1. The van der Waals surface area contributed by atoms with E-state index in [1.165, 1.54) is 0 Å². The fraction of sp³-hybridized carbons (Fsp3) is 0.273. The summed E-state index contributed by atoms with van der Waals surface area (Å²) in [6.45, 7) is 3.64. The first-order valence-electron chi connectivity index (χ1n) is 8.98. The van der Waals surface area contributed by atoms with Crippen molar-refractivity contribution in [3.63, 3.8) is 0 Å². The van der Waals surface area contributed by atoms with Gasteiger partial charge in [0.25, 0.3) is 0 Å². The zero-order valence-electron chi connectivity index (χ0n) is 16.1. The Hall–Kier alpha value is -1.84. The van der Waals surface area contributed by atoms with Crippen LogP contribution in [0.5, 0.6) is 0 Å². The summed E-state index contributed by atoms with van der Waals surface area (Å²) >= 11 is 5.45. The van der Waals surface area contributed by atoms with E-state index in [9.17, 15) is 14.4 Å². The summed E-state index contributed by atoms with van der Waals surface area (Å²) in [4.78, 5) is 33.1. The number of nitrogens with two attached hydrogens (primary N) is 1. The number of benzene rings is 2. The molecule has 0 aliphatic carbocycles. The van der Waals surface area contributed by atoms with Crippen molar-refractivity contribution in [3.05, 3.63) is 70.8 Å². The van der Waals surface area contributed by atoms with Crippen LogP contribution in [-0.2, 0) is 16.0 Å². The van der Waals surface area contributed by atoms with Crippen molar-refractivity contribution in [2.24, 2.45) is 5.73 Å². The van der Waals surface area contributed by atoms with Gasteiger partial charge in [-0.1, -0.05) is 0 Å². The van der Waals surface area contributed by atoms with E-state index in [2.05, 4.69) is 38.5 Å². The topological polar surface area (TPSA) is 77.2 Å². The summed E-state index contributed by atoms with van der Waals surface area (Å²) in [5, 5.41) is 0. The molecule has 0 spiro atoms. The van der Waals surface area contributed by atoms with E-state index >= 15 is 0 Å². The van der Waals surface area contributed by atoms with Gasteiger partial charge in [-0.15, -0.1) is 0 Å². The predicted molar refractivity (Wildman–Crippen MR) is 115 cm³/mol. The molecule has 28 heavy (non-hydrogen) atoms. The van der Waals surface area contributed by atoms with Crippen LogP contribution in [0.2, 0.25) is 0 Å². The quantitative estimate of drug-likeness (QED) is 0.557. The van der Waals surface area contributed by atoms with Crippen LogP contribution in [0.25, 0.3) is 0 Å². The van der Waals surface area contributed by atoms with Crippen molar-refractivity contribution in [3.8, 4) is 0 Å². The molecule has 0 saturated heterocycles. The monoisotopic (exact) mass is 510 g/mol. The van der Waals surface area contributed by atoms with Crippen molar-refractivity contribution < 1.29 is 14.4 Å². The first kappa shape index (κ1) is 24.2. The third-order valence-electron chi connectivity index (χ3n) is 3.87. The summed E-state index contributed by atoms with van der Waals surface area (Å²) in [6.07, 6.45) is 3.19. The SMILES string of the molecule is CC(=O)Cc1ccccc1C(=[Se])c1ccccc1C(N)=O.CCCCC(=O)[Se]. The fourth-order valence-corrected chi connectivity index (χ4v) is 3.62. The number of primary amides is 1. The second-order valence-electron chi connectivity index (χ2n) is 6.25. The van der Waals surface area contributed by atoms with Crippen molar-refractivity contribution >= 4 is 52.4 Å². The number of carbonyl (C=O) groups excluding carboxylic acids is 3. The van der Waals surface area contributed by atoms with E-state index < -0.39 is 5.91 Å². The molecule has 147 valence electrons. The molecule has 0 aliphatic heterocycles. The summed E-state index contributed by atoms with van der Waals surface area (Å²) in [6, 6.07) is 14.8. The van der Waals surface area contributed by atoms with Gasteiger partial charge in [0, 0.05) is 0 Å². The molecule has 4 nitrogen and oxygen atoms in total. The van der Waals surface area contributed by atoms with Gasteiger partial charge in [0.15, 0.2) is 0 Å².